The van der Waals surface area contributed by atoms with E-state index in [4.69, 9.17) is 9.47 Å². The summed E-state index contributed by atoms with van der Waals surface area (Å²) in [5.74, 6) is 1.58. The van der Waals surface area contributed by atoms with Gasteiger partial charge in [-0.05, 0) is 43.3 Å². The van der Waals surface area contributed by atoms with Gasteiger partial charge in [0.15, 0.2) is 5.13 Å². The lowest BCUT2D eigenvalue weighted by Crippen LogP contribution is -2.52. The van der Waals surface area contributed by atoms with Crippen molar-refractivity contribution in [2.75, 3.05) is 37.0 Å². The topological polar surface area (TPSA) is 63.7 Å². The summed E-state index contributed by atoms with van der Waals surface area (Å²) in [7, 11) is 1.65. The van der Waals surface area contributed by atoms with E-state index in [0.29, 0.717) is 19.7 Å². The van der Waals surface area contributed by atoms with Crippen LogP contribution in [0.5, 0.6) is 11.5 Å². The zero-order valence-corrected chi connectivity index (χ0v) is 16.1. The van der Waals surface area contributed by atoms with Gasteiger partial charge in [-0.2, -0.15) is 0 Å². The van der Waals surface area contributed by atoms with Crippen molar-refractivity contribution in [3.8, 4) is 11.5 Å². The Kier molecular flexibility index (Phi) is 4.85. The Bertz CT molecular complexity index is 949. The largest absolute Gasteiger partial charge is 0.494 e. The number of carbonyl (C=O) groups excluding carboxylic acids is 1. The van der Waals surface area contributed by atoms with E-state index in [0.717, 1.165) is 32.5 Å². The van der Waals surface area contributed by atoms with Crippen molar-refractivity contribution in [2.24, 2.45) is 5.92 Å². The third kappa shape index (κ3) is 3.55. The average molecular weight is 383 g/mol. The first-order valence-electron chi connectivity index (χ1n) is 8.90. The van der Waals surface area contributed by atoms with Crippen LogP contribution in [-0.4, -0.2) is 37.7 Å². The van der Waals surface area contributed by atoms with E-state index in [1.807, 2.05) is 49.4 Å². The van der Waals surface area contributed by atoms with Crippen molar-refractivity contribution >= 4 is 38.3 Å². The minimum atomic E-state index is -0.0366. The Hall–Kier alpha value is -2.80. The van der Waals surface area contributed by atoms with E-state index in [2.05, 4.69) is 15.2 Å². The smallest absolute Gasteiger partial charge is 0.231 e. The van der Waals surface area contributed by atoms with Crippen LogP contribution >= 0.6 is 11.3 Å². The molecule has 1 aliphatic rings. The van der Waals surface area contributed by atoms with Gasteiger partial charge in [-0.3, -0.25) is 4.79 Å². The standard InChI is InChI=1S/C20H21N3O3S/c1-3-26-15-9-7-14(8-10-15)21-19(24)13-11-23(12-13)20-22-18-16(25-2)5-4-6-17(18)27-20/h4-10,13H,3,11-12H2,1-2H3,(H,21,24). The first-order valence-corrected chi connectivity index (χ1v) is 9.71. The fraction of sp³-hybridized carbons (Fsp3) is 0.300. The number of nitrogens with zero attached hydrogens (tertiary/aromatic N) is 2. The number of methoxy groups -OCH3 is 1. The lowest BCUT2D eigenvalue weighted by atomic mass is 10.00. The number of anilines is 2. The molecule has 2 heterocycles. The highest BCUT2D eigenvalue weighted by Crippen LogP contribution is 2.36. The number of amides is 1. The predicted molar refractivity (Wildman–Crippen MR) is 108 cm³/mol. The molecule has 4 rings (SSSR count). The molecule has 2 aromatic carbocycles. The van der Waals surface area contributed by atoms with Crippen LogP contribution in [0, 0.1) is 5.92 Å². The number of carbonyl (C=O) groups is 1. The Morgan fingerprint density at radius 1 is 1.26 bits per heavy atom. The van der Waals surface area contributed by atoms with Crippen molar-refractivity contribution in [3.63, 3.8) is 0 Å². The summed E-state index contributed by atoms with van der Waals surface area (Å²) >= 11 is 1.62. The summed E-state index contributed by atoms with van der Waals surface area (Å²) in [4.78, 5) is 19.3. The summed E-state index contributed by atoms with van der Waals surface area (Å²) in [6.07, 6.45) is 0. The fourth-order valence-corrected chi connectivity index (χ4v) is 4.06. The minimum absolute atomic E-state index is 0.0362. The lowest BCUT2D eigenvalue weighted by molar-refractivity contribution is -0.120. The first kappa shape index (κ1) is 17.6. The molecule has 140 valence electrons. The number of benzene rings is 2. The number of para-hydroxylation sites is 1. The number of rotatable bonds is 6. The number of thiazole rings is 1. The maximum absolute atomic E-state index is 12.4. The average Bonchev–Trinajstić information content (AvgIpc) is 3.06. The number of aromatic nitrogens is 1. The summed E-state index contributed by atoms with van der Waals surface area (Å²) in [6, 6.07) is 13.4. The second kappa shape index (κ2) is 7.44. The zero-order chi connectivity index (χ0) is 18.8. The molecule has 7 heteroatoms. The Labute approximate surface area is 161 Å². The summed E-state index contributed by atoms with van der Waals surface area (Å²) < 4.78 is 11.9. The zero-order valence-electron chi connectivity index (χ0n) is 15.3. The van der Waals surface area contributed by atoms with Crippen LogP contribution in [-0.2, 0) is 4.79 Å². The van der Waals surface area contributed by atoms with E-state index in [9.17, 15) is 4.79 Å². The number of hydrogen-bond donors (Lipinski definition) is 1. The molecule has 1 aliphatic heterocycles. The summed E-state index contributed by atoms with van der Waals surface area (Å²) in [5.41, 5.74) is 1.66. The SMILES string of the molecule is CCOc1ccc(NC(=O)C2CN(c3nc4c(OC)cccc4s3)C2)cc1. The van der Waals surface area contributed by atoms with Gasteiger partial charge in [0.1, 0.15) is 17.0 Å². The Morgan fingerprint density at radius 2 is 2.04 bits per heavy atom. The van der Waals surface area contributed by atoms with Gasteiger partial charge in [0.05, 0.1) is 24.3 Å². The normalized spacial score (nSPS) is 14.1. The van der Waals surface area contributed by atoms with Gasteiger partial charge in [0, 0.05) is 18.8 Å². The molecule has 27 heavy (non-hydrogen) atoms. The van der Waals surface area contributed by atoms with Crippen LogP contribution < -0.4 is 19.7 Å². The number of nitrogens with one attached hydrogen (secondary N) is 1. The van der Waals surface area contributed by atoms with E-state index >= 15 is 0 Å². The van der Waals surface area contributed by atoms with Gasteiger partial charge in [-0.1, -0.05) is 17.4 Å². The highest BCUT2D eigenvalue weighted by atomic mass is 32.1. The number of hydrogen-bond acceptors (Lipinski definition) is 6. The van der Waals surface area contributed by atoms with Gasteiger partial charge in [0.25, 0.3) is 0 Å². The maximum atomic E-state index is 12.4. The molecule has 0 radical (unpaired) electrons. The third-order valence-electron chi connectivity index (χ3n) is 4.55. The molecule has 0 saturated carbocycles. The highest BCUT2D eigenvalue weighted by Gasteiger charge is 2.34. The molecule has 3 aromatic rings. The second-order valence-electron chi connectivity index (χ2n) is 6.35. The van der Waals surface area contributed by atoms with Crippen LogP contribution in [0.2, 0.25) is 0 Å². The van der Waals surface area contributed by atoms with Crippen LogP contribution in [0.4, 0.5) is 10.8 Å². The molecule has 0 atom stereocenters. The molecular formula is C20H21N3O3S. The molecule has 1 N–H and O–H groups in total. The molecule has 1 amide bonds. The van der Waals surface area contributed by atoms with Gasteiger partial charge in [-0.15, -0.1) is 0 Å². The molecule has 1 saturated heterocycles. The van der Waals surface area contributed by atoms with E-state index in [-0.39, 0.29) is 11.8 Å². The van der Waals surface area contributed by atoms with Gasteiger partial charge in [0.2, 0.25) is 5.91 Å². The van der Waals surface area contributed by atoms with Crippen LogP contribution in [0.25, 0.3) is 10.2 Å². The van der Waals surface area contributed by atoms with Gasteiger partial charge in [-0.25, -0.2) is 4.98 Å². The van der Waals surface area contributed by atoms with E-state index < -0.39 is 0 Å². The molecule has 0 bridgehead atoms. The van der Waals surface area contributed by atoms with Crippen molar-refractivity contribution in [1.82, 2.24) is 4.98 Å². The molecule has 1 fully saturated rings. The van der Waals surface area contributed by atoms with E-state index in [1.165, 1.54) is 0 Å². The molecule has 1 aromatic heterocycles. The van der Waals surface area contributed by atoms with Crippen LogP contribution in [0.15, 0.2) is 42.5 Å². The molecule has 0 spiro atoms. The second-order valence-corrected chi connectivity index (χ2v) is 7.36. The molecular weight excluding hydrogens is 362 g/mol. The molecule has 6 nitrogen and oxygen atoms in total. The van der Waals surface area contributed by atoms with Crippen molar-refractivity contribution in [3.05, 3.63) is 42.5 Å². The summed E-state index contributed by atoms with van der Waals surface area (Å²) in [5, 5.41) is 3.90. The van der Waals surface area contributed by atoms with Crippen molar-refractivity contribution < 1.29 is 14.3 Å². The minimum Gasteiger partial charge on any atom is -0.494 e. The third-order valence-corrected chi connectivity index (χ3v) is 5.63. The number of ether oxygens (including phenoxy) is 2. The molecule has 0 unspecified atom stereocenters. The lowest BCUT2D eigenvalue weighted by Gasteiger charge is -2.37. The van der Waals surface area contributed by atoms with Crippen LogP contribution in [0.3, 0.4) is 0 Å². The maximum Gasteiger partial charge on any atom is 0.231 e. The monoisotopic (exact) mass is 383 g/mol. The highest BCUT2D eigenvalue weighted by molar-refractivity contribution is 7.22. The fourth-order valence-electron chi connectivity index (χ4n) is 3.06. The Balaban J connectivity index is 1.37. The van der Waals surface area contributed by atoms with Crippen LogP contribution in [0.1, 0.15) is 6.92 Å². The summed E-state index contributed by atoms with van der Waals surface area (Å²) in [6.45, 7) is 3.91. The van der Waals surface area contributed by atoms with Crippen molar-refractivity contribution in [2.45, 2.75) is 6.92 Å². The van der Waals surface area contributed by atoms with Crippen molar-refractivity contribution in [1.29, 1.82) is 0 Å². The number of fused-ring (bicyclic) bond motifs is 1. The van der Waals surface area contributed by atoms with Gasteiger partial charge >= 0.3 is 0 Å². The first-order chi connectivity index (χ1) is 13.2. The van der Waals surface area contributed by atoms with Gasteiger partial charge < -0.3 is 19.7 Å². The van der Waals surface area contributed by atoms with E-state index in [1.54, 1.807) is 18.4 Å². The Morgan fingerprint density at radius 3 is 2.74 bits per heavy atom. The quantitative estimate of drug-likeness (QED) is 0.702. The predicted octanol–water partition coefficient (Wildman–Crippen LogP) is 3.78. The molecule has 0 aliphatic carbocycles.